The zero-order chi connectivity index (χ0) is 12.4. The predicted octanol–water partition coefficient (Wildman–Crippen LogP) is 3.45. The van der Waals surface area contributed by atoms with Crippen LogP contribution in [0, 0.1) is 13.8 Å². The summed E-state index contributed by atoms with van der Waals surface area (Å²) in [4.78, 5) is 10.7. The highest BCUT2D eigenvalue weighted by Crippen LogP contribution is 2.08. The maximum Gasteiger partial charge on any atom is 0.248 e. The second kappa shape index (κ2) is 9.25. The molecular formula is C13H23NO. The van der Waals surface area contributed by atoms with Gasteiger partial charge in [-0.2, -0.15) is 0 Å². The van der Waals surface area contributed by atoms with Crippen molar-refractivity contribution in [1.29, 1.82) is 0 Å². The van der Waals surface area contributed by atoms with Gasteiger partial charge in [-0.25, -0.2) is 0 Å². The summed E-state index contributed by atoms with van der Waals surface area (Å²) in [5, 5.41) is 0. The first-order valence-corrected chi connectivity index (χ1v) is 5.48. The Morgan fingerprint density at radius 3 is 1.80 bits per heavy atom. The van der Waals surface area contributed by atoms with E-state index in [1.165, 1.54) is 5.56 Å². The van der Waals surface area contributed by atoms with Gasteiger partial charge in [0.25, 0.3) is 0 Å². The number of hydrogen-bond donors (Lipinski definition) is 1. The summed E-state index contributed by atoms with van der Waals surface area (Å²) in [5.74, 6) is -0.367. The minimum atomic E-state index is -0.367. The summed E-state index contributed by atoms with van der Waals surface area (Å²) in [6.07, 6.45) is 0. The van der Waals surface area contributed by atoms with Crippen LogP contribution in [0.3, 0.4) is 0 Å². The summed E-state index contributed by atoms with van der Waals surface area (Å²) in [5.41, 5.74) is 7.95. The first-order valence-electron chi connectivity index (χ1n) is 5.48. The molecule has 0 saturated heterocycles. The minimum Gasteiger partial charge on any atom is -0.366 e. The van der Waals surface area contributed by atoms with Crippen molar-refractivity contribution in [2.24, 2.45) is 5.73 Å². The second-order valence-corrected chi connectivity index (χ2v) is 2.66. The van der Waals surface area contributed by atoms with Crippen LogP contribution in [0.15, 0.2) is 18.2 Å². The van der Waals surface area contributed by atoms with E-state index in [1.54, 1.807) is 12.1 Å². The van der Waals surface area contributed by atoms with E-state index in [2.05, 4.69) is 0 Å². The fraction of sp³-hybridized carbons (Fsp3) is 0.462. The normalized spacial score (nSPS) is 7.87. The molecule has 0 aliphatic rings. The molecule has 86 valence electrons. The van der Waals surface area contributed by atoms with Gasteiger partial charge < -0.3 is 5.73 Å². The number of aryl methyl sites for hydroxylation is 2. The van der Waals surface area contributed by atoms with Gasteiger partial charge in [-0.05, 0) is 37.1 Å². The van der Waals surface area contributed by atoms with E-state index in [1.807, 2.05) is 47.6 Å². The first-order chi connectivity index (χ1) is 7.11. The van der Waals surface area contributed by atoms with Crippen molar-refractivity contribution >= 4 is 5.91 Å². The number of carbonyl (C=O) groups excluding carboxylic acids is 1. The molecule has 2 N–H and O–H groups in total. The van der Waals surface area contributed by atoms with Crippen LogP contribution in [0.1, 0.15) is 49.2 Å². The zero-order valence-corrected chi connectivity index (χ0v) is 10.7. The molecule has 0 heterocycles. The van der Waals surface area contributed by atoms with Gasteiger partial charge in [-0.15, -0.1) is 0 Å². The lowest BCUT2D eigenvalue weighted by molar-refractivity contribution is 0.1000. The van der Waals surface area contributed by atoms with Crippen molar-refractivity contribution in [2.45, 2.75) is 41.5 Å². The van der Waals surface area contributed by atoms with Crippen LogP contribution >= 0.6 is 0 Å². The molecule has 2 nitrogen and oxygen atoms in total. The van der Waals surface area contributed by atoms with E-state index in [0.717, 1.165) is 5.56 Å². The fourth-order valence-electron chi connectivity index (χ4n) is 0.895. The van der Waals surface area contributed by atoms with Crippen molar-refractivity contribution in [2.75, 3.05) is 0 Å². The molecule has 1 amide bonds. The van der Waals surface area contributed by atoms with Crippen molar-refractivity contribution in [1.82, 2.24) is 0 Å². The van der Waals surface area contributed by atoms with Gasteiger partial charge in [-0.3, -0.25) is 4.79 Å². The molecule has 1 aromatic carbocycles. The number of rotatable bonds is 1. The molecule has 0 aliphatic heterocycles. The van der Waals surface area contributed by atoms with Gasteiger partial charge in [0.2, 0.25) is 5.91 Å². The summed E-state index contributed by atoms with van der Waals surface area (Å²) in [6, 6.07) is 5.44. The second-order valence-electron chi connectivity index (χ2n) is 2.66. The van der Waals surface area contributed by atoms with Gasteiger partial charge >= 0.3 is 0 Å². The maximum absolute atomic E-state index is 10.7. The molecule has 0 fully saturated rings. The average Bonchev–Trinajstić information content (AvgIpc) is 2.27. The highest BCUT2D eigenvalue weighted by molar-refractivity contribution is 5.92. The van der Waals surface area contributed by atoms with Gasteiger partial charge in [-0.1, -0.05) is 33.8 Å². The molecule has 0 atom stereocenters. The van der Waals surface area contributed by atoms with E-state index in [0.29, 0.717) is 5.56 Å². The number of carbonyl (C=O) groups is 1. The van der Waals surface area contributed by atoms with Crippen LogP contribution in [0.5, 0.6) is 0 Å². The molecule has 1 aromatic rings. The Balaban J connectivity index is 0. The molecule has 0 unspecified atom stereocenters. The van der Waals surface area contributed by atoms with Crippen LogP contribution < -0.4 is 5.73 Å². The van der Waals surface area contributed by atoms with E-state index in [-0.39, 0.29) is 5.91 Å². The van der Waals surface area contributed by atoms with Crippen LogP contribution in [-0.2, 0) is 0 Å². The van der Waals surface area contributed by atoms with Crippen molar-refractivity contribution in [3.8, 4) is 0 Å². The maximum atomic E-state index is 10.7. The van der Waals surface area contributed by atoms with E-state index < -0.39 is 0 Å². The Labute approximate surface area is 93.5 Å². The third-order valence-electron chi connectivity index (χ3n) is 1.79. The summed E-state index contributed by atoms with van der Waals surface area (Å²) >= 11 is 0. The summed E-state index contributed by atoms with van der Waals surface area (Å²) in [6.45, 7) is 12.0. The van der Waals surface area contributed by atoms with Crippen molar-refractivity contribution in [3.63, 3.8) is 0 Å². The molecule has 2 heteroatoms. The Kier molecular flexibility index (Phi) is 9.95. The molecule has 0 aliphatic carbocycles. The lowest BCUT2D eigenvalue weighted by atomic mass is 10.1. The van der Waals surface area contributed by atoms with Crippen LogP contribution in [-0.4, -0.2) is 5.91 Å². The lowest BCUT2D eigenvalue weighted by Gasteiger charge is -2.00. The Bertz CT molecular complexity index is 293. The molecule has 0 bridgehead atoms. The van der Waals surface area contributed by atoms with Crippen molar-refractivity contribution < 1.29 is 4.79 Å². The number of hydrogen-bond acceptors (Lipinski definition) is 1. The minimum absolute atomic E-state index is 0.367. The van der Waals surface area contributed by atoms with E-state index in [4.69, 9.17) is 5.73 Å². The van der Waals surface area contributed by atoms with Crippen molar-refractivity contribution in [3.05, 3.63) is 34.9 Å². The topological polar surface area (TPSA) is 43.1 Å². The van der Waals surface area contributed by atoms with E-state index >= 15 is 0 Å². The molecule has 1 rings (SSSR count). The summed E-state index contributed by atoms with van der Waals surface area (Å²) < 4.78 is 0. The molecule has 0 radical (unpaired) electrons. The first kappa shape index (κ1) is 16.1. The Morgan fingerprint density at radius 2 is 1.47 bits per heavy atom. The third kappa shape index (κ3) is 5.89. The van der Waals surface area contributed by atoms with Gasteiger partial charge in [0.05, 0.1) is 0 Å². The molecule has 0 spiro atoms. The van der Waals surface area contributed by atoms with Crippen LogP contribution in [0.2, 0.25) is 0 Å². The monoisotopic (exact) mass is 209 g/mol. The van der Waals surface area contributed by atoms with Gasteiger partial charge in [0.15, 0.2) is 0 Å². The molecule has 15 heavy (non-hydrogen) atoms. The quantitative estimate of drug-likeness (QED) is 0.756. The van der Waals surface area contributed by atoms with Crippen LogP contribution in [0.4, 0.5) is 0 Å². The lowest BCUT2D eigenvalue weighted by Crippen LogP contribution is -2.10. The third-order valence-corrected chi connectivity index (χ3v) is 1.79. The highest BCUT2D eigenvalue weighted by Gasteiger charge is 2.00. The van der Waals surface area contributed by atoms with Crippen LogP contribution in [0.25, 0.3) is 0 Å². The largest absolute Gasteiger partial charge is 0.366 e. The Hall–Kier alpha value is -1.31. The SMILES string of the molecule is CC.CC.Cc1ccc(C(N)=O)cc1C. The van der Waals surface area contributed by atoms with E-state index in [9.17, 15) is 4.79 Å². The number of benzene rings is 1. The fourth-order valence-corrected chi connectivity index (χ4v) is 0.895. The zero-order valence-electron chi connectivity index (χ0n) is 10.7. The number of amides is 1. The van der Waals surface area contributed by atoms with Gasteiger partial charge in [0.1, 0.15) is 0 Å². The highest BCUT2D eigenvalue weighted by atomic mass is 16.1. The number of primary amides is 1. The smallest absolute Gasteiger partial charge is 0.248 e. The van der Waals surface area contributed by atoms with Gasteiger partial charge in [0, 0.05) is 5.56 Å². The Morgan fingerprint density at radius 1 is 1.00 bits per heavy atom. The standard InChI is InChI=1S/C9H11NO.2C2H6/c1-6-3-4-8(9(10)11)5-7(6)2;2*1-2/h3-5H,1-2H3,(H2,10,11);2*1-2H3. The number of nitrogens with two attached hydrogens (primary N) is 1. The summed E-state index contributed by atoms with van der Waals surface area (Å²) in [7, 11) is 0. The predicted molar refractivity (Wildman–Crippen MR) is 67.1 cm³/mol. The molecule has 0 aromatic heterocycles. The average molecular weight is 209 g/mol. The molecule has 0 saturated carbocycles. The molecular weight excluding hydrogens is 186 g/mol.